The number of nitrogens with zero attached hydrogens (tertiary/aromatic N) is 1. The van der Waals surface area contributed by atoms with Gasteiger partial charge in [-0.1, -0.05) is 53.5 Å². The predicted molar refractivity (Wildman–Crippen MR) is 79.5 cm³/mol. The summed E-state index contributed by atoms with van der Waals surface area (Å²) in [7, 11) is 0. The molecule has 4 heteroatoms. The summed E-state index contributed by atoms with van der Waals surface area (Å²) in [5.74, 6) is 0. The van der Waals surface area contributed by atoms with E-state index in [9.17, 15) is 5.26 Å². The third kappa shape index (κ3) is 2.90. The SMILES string of the molecule is N#C/C(=C(/N)c1ccc(Cl)cc1Cl)c1ccccc1. The highest BCUT2D eigenvalue weighted by Gasteiger charge is 2.11. The summed E-state index contributed by atoms with van der Waals surface area (Å²) in [5.41, 5.74) is 8.16. The van der Waals surface area contributed by atoms with E-state index in [1.54, 1.807) is 18.2 Å². The van der Waals surface area contributed by atoms with Gasteiger partial charge in [-0.15, -0.1) is 0 Å². The summed E-state index contributed by atoms with van der Waals surface area (Å²) in [6.45, 7) is 0. The minimum Gasteiger partial charge on any atom is -0.397 e. The molecule has 0 aliphatic carbocycles. The molecule has 2 aromatic carbocycles. The van der Waals surface area contributed by atoms with E-state index in [2.05, 4.69) is 6.07 Å². The van der Waals surface area contributed by atoms with E-state index in [0.717, 1.165) is 5.56 Å². The quantitative estimate of drug-likeness (QED) is 0.660. The normalized spacial score (nSPS) is 11.6. The van der Waals surface area contributed by atoms with Crippen LogP contribution in [0.5, 0.6) is 0 Å². The fraction of sp³-hybridized carbons (Fsp3) is 0. The van der Waals surface area contributed by atoms with Crippen molar-refractivity contribution in [3.05, 3.63) is 69.7 Å². The van der Waals surface area contributed by atoms with Gasteiger partial charge in [0.1, 0.15) is 6.07 Å². The monoisotopic (exact) mass is 288 g/mol. The van der Waals surface area contributed by atoms with Gasteiger partial charge in [-0.3, -0.25) is 0 Å². The average Bonchev–Trinajstić information content (AvgIpc) is 2.40. The Labute approximate surface area is 121 Å². The summed E-state index contributed by atoms with van der Waals surface area (Å²) in [5, 5.41) is 10.3. The van der Waals surface area contributed by atoms with E-state index in [-0.39, 0.29) is 0 Å². The van der Waals surface area contributed by atoms with E-state index >= 15 is 0 Å². The molecule has 19 heavy (non-hydrogen) atoms. The summed E-state index contributed by atoms with van der Waals surface area (Å²) >= 11 is 12.0. The Morgan fingerprint density at radius 3 is 2.32 bits per heavy atom. The van der Waals surface area contributed by atoms with Crippen molar-refractivity contribution in [2.75, 3.05) is 0 Å². The molecule has 94 valence electrons. The standard InChI is InChI=1S/C15H10Cl2N2/c16-11-6-7-12(14(17)8-11)15(19)13(9-18)10-4-2-1-3-5-10/h1-8H,19H2/b15-13-. The second-order valence-electron chi connectivity index (χ2n) is 3.89. The molecule has 2 nitrogen and oxygen atoms in total. The van der Waals surface area contributed by atoms with Crippen LogP contribution in [0.15, 0.2) is 48.5 Å². The molecule has 0 atom stereocenters. The van der Waals surface area contributed by atoms with E-state index in [0.29, 0.717) is 26.9 Å². The van der Waals surface area contributed by atoms with Crippen LogP contribution < -0.4 is 5.73 Å². The zero-order valence-corrected chi connectivity index (χ0v) is 11.4. The molecule has 0 unspecified atom stereocenters. The molecule has 0 amide bonds. The number of nitriles is 1. The highest BCUT2D eigenvalue weighted by Crippen LogP contribution is 2.29. The van der Waals surface area contributed by atoms with Crippen LogP contribution in [0.25, 0.3) is 11.3 Å². The van der Waals surface area contributed by atoms with Gasteiger partial charge in [0.15, 0.2) is 0 Å². The number of nitrogens with two attached hydrogens (primary N) is 1. The van der Waals surface area contributed by atoms with Crippen LogP contribution in [0.1, 0.15) is 11.1 Å². The van der Waals surface area contributed by atoms with Crippen molar-refractivity contribution in [1.82, 2.24) is 0 Å². The third-order valence-electron chi connectivity index (χ3n) is 2.66. The van der Waals surface area contributed by atoms with Crippen molar-refractivity contribution < 1.29 is 0 Å². The van der Waals surface area contributed by atoms with Crippen molar-refractivity contribution in [2.24, 2.45) is 5.73 Å². The number of hydrogen-bond acceptors (Lipinski definition) is 2. The second kappa shape index (κ2) is 5.79. The van der Waals surface area contributed by atoms with Crippen molar-refractivity contribution in [3.8, 4) is 6.07 Å². The lowest BCUT2D eigenvalue weighted by Crippen LogP contribution is -2.01. The topological polar surface area (TPSA) is 49.8 Å². The largest absolute Gasteiger partial charge is 0.397 e. The first kappa shape index (κ1) is 13.5. The van der Waals surface area contributed by atoms with Gasteiger partial charge in [0.25, 0.3) is 0 Å². The molecule has 0 heterocycles. The average molecular weight is 289 g/mol. The number of hydrogen-bond donors (Lipinski definition) is 1. The summed E-state index contributed by atoms with van der Waals surface area (Å²) < 4.78 is 0. The zero-order chi connectivity index (χ0) is 13.8. The third-order valence-corrected chi connectivity index (χ3v) is 3.21. The minimum atomic E-state index is 0.343. The molecule has 0 spiro atoms. The first-order valence-electron chi connectivity index (χ1n) is 5.54. The van der Waals surface area contributed by atoms with Crippen molar-refractivity contribution in [1.29, 1.82) is 5.26 Å². The van der Waals surface area contributed by atoms with Gasteiger partial charge in [-0.05, 0) is 23.8 Å². The number of allylic oxidation sites excluding steroid dienone is 1. The molecule has 0 bridgehead atoms. The molecule has 0 fully saturated rings. The molecule has 0 aliphatic rings. The smallest absolute Gasteiger partial charge is 0.102 e. The van der Waals surface area contributed by atoms with Gasteiger partial charge in [-0.2, -0.15) is 5.26 Å². The number of halogens is 2. The van der Waals surface area contributed by atoms with E-state index in [1.807, 2.05) is 30.3 Å². The van der Waals surface area contributed by atoms with E-state index in [1.165, 1.54) is 0 Å². The molecule has 0 radical (unpaired) electrons. The molecule has 2 N–H and O–H groups in total. The van der Waals surface area contributed by atoms with Gasteiger partial charge in [0.05, 0.1) is 16.3 Å². The molecular formula is C15H10Cl2N2. The zero-order valence-electron chi connectivity index (χ0n) is 9.90. The predicted octanol–water partition coefficient (Wildman–Crippen LogP) is 4.34. The number of rotatable bonds is 2. The minimum absolute atomic E-state index is 0.343. The second-order valence-corrected chi connectivity index (χ2v) is 4.73. The summed E-state index contributed by atoms with van der Waals surface area (Å²) in [6.07, 6.45) is 0. The first-order valence-corrected chi connectivity index (χ1v) is 6.29. The molecule has 2 aromatic rings. The van der Waals surface area contributed by atoms with Gasteiger partial charge in [0.2, 0.25) is 0 Å². The van der Waals surface area contributed by atoms with Crippen molar-refractivity contribution in [3.63, 3.8) is 0 Å². The van der Waals surface area contributed by atoms with Crippen LogP contribution in [0.4, 0.5) is 0 Å². The van der Waals surface area contributed by atoms with Gasteiger partial charge >= 0.3 is 0 Å². The van der Waals surface area contributed by atoms with E-state index in [4.69, 9.17) is 28.9 Å². The summed E-state index contributed by atoms with van der Waals surface area (Å²) in [6, 6.07) is 16.4. The Morgan fingerprint density at radius 1 is 1.05 bits per heavy atom. The van der Waals surface area contributed by atoms with Crippen LogP contribution in [-0.2, 0) is 0 Å². The molecule has 0 aliphatic heterocycles. The Kier molecular flexibility index (Phi) is 4.11. The Bertz CT molecular complexity index is 670. The molecule has 2 rings (SSSR count). The van der Waals surface area contributed by atoms with Gasteiger partial charge < -0.3 is 5.73 Å². The Morgan fingerprint density at radius 2 is 1.74 bits per heavy atom. The van der Waals surface area contributed by atoms with E-state index < -0.39 is 0 Å². The Balaban J connectivity index is 2.59. The van der Waals surface area contributed by atoms with Crippen molar-refractivity contribution >= 4 is 34.5 Å². The highest BCUT2D eigenvalue weighted by atomic mass is 35.5. The molecule has 0 aromatic heterocycles. The van der Waals surface area contributed by atoms with Gasteiger partial charge in [-0.25, -0.2) is 0 Å². The fourth-order valence-corrected chi connectivity index (χ4v) is 2.24. The maximum Gasteiger partial charge on any atom is 0.102 e. The lowest BCUT2D eigenvalue weighted by Gasteiger charge is -2.08. The van der Waals surface area contributed by atoms with Crippen LogP contribution in [0.2, 0.25) is 10.0 Å². The van der Waals surface area contributed by atoms with Crippen LogP contribution >= 0.6 is 23.2 Å². The Hall–Kier alpha value is -1.95. The first-order chi connectivity index (χ1) is 9.13. The van der Waals surface area contributed by atoms with Crippen molar-refractivity contribution in [2.45, 2.75) is 0 Å². The maximum absolute atomic E-state index is 9.30. The van der Waals surface area contributed by atoms with Gasteiger partial charge in [0, 0.05) is 10.6 Å². The van der Waals surface area contributed by atoms with Crippen LogP contribution in [-0.4, -0.2) is 0 Å². The lowest BCUT2D eigenvalue weighted by atomic mass is 10.0. The molecule has 0 saturated heterocycles. The number of benzene rings is 2. The summed E-state index contributed by atoms with van der Waals surface area (Å²) in [4.78, 5) is 0. The maximum atomic E-state index is 9.30. The molecular weight excluding hydrogens is 279 g/mol. The fourth-order valence-electron chi connectivity index (χ4n) is 1.73. The molecule has 0 saturated carbocycles. The lowest BCUT2D eigenvalue weighted by molar-refractivity contribution is 1.48. The highest BCUT2D eigenvalue weighted by molar-refractivity contribution is 6.36. The van der Waals surface area contributed by atoms with Crippen LogP contribution in [0, 0.1) is 11.3 Å². The van der Waals surface area contributed by atoms with Crippen LogP contribution in [0.3, 0.4) is 0 Å².